The summed E-state index contributed by atoms with van der Waals surface area (Å²) in [6.45, 7) is 6.46. The van der Waals surface area contributed by atoms with Crippen LogP contribution in [0.2, 0.25) is 0 Å². The molecule has 3 rings (SSSR count). The second-order valence-electron chi connectivity index (χ2n) is 9.20. The second-order valence-corrected chi connectivity index (χ2v) is 9.20. The third kappa shape index (κ3) is 4.55. The van der Waals surface area contributed by atoms with Gasteiger partial charge in [0.05, 0.1) is 12.2 Å². The molecule has 0 unspecified atom stereocenters. The Bertz CT molecular complexity index is 318. The molecule has 3 aliphatic rings. The molecular weight excluding hydrogens is 296 g/mol. The minimum atomic E-state index is 0.571. The summed E-state index contributed by atoms with van der Waals surface area (Å²) < 4.78 is 12.1. The molecule has 2 heteroatoms. The fraction of sp³-hybridized carbons (Fsp3) is 1.00. The smallest absolute Gasteiger partial charge is 0.0575 e. The van der Waals surface area contributed by atoms with Crippen molar-refractivity contribution in [1.29, 1.82) is 0 Å². The predicted molar refractivity (Wildman–Crippen MR) is 100 cm³/mol. The molecule has 2 spiro atoms. The van der Waals surface area contributed by atoms with Crippen LogP contribution >= 0.6 is 0 Å². The average Bonchev–Trinajstić information content (AvgIpc) is 2.58. The maximum absolute atomic E-state index is 6.07. The van der Waals surface area contributed by atoms with E-state index in [0.29, 0.717) is 23.0 Å². The van der Waals surface area contributed by atoms with Crippen molar-refractivity contribution in [2.24, 2.45) is 10.8 Å². The predicted octanol–water partition coefficient (Wildman–Crippen LogP) is 6.27. The largest absolute Gasteiger partial charge is 0.378 e. The first kappa shape index (κ1) is 18.7. The molecule has 2 nitrogen and oxygen atoms in total. The van der Waals surface area contributed by atoms with Gasteiger partial charge in [0.15, 0.2) is 0 Å². The van der Waals surface area contributed by atoms with E-state index in [1.807, 2.05) is 0 Å². The van der Waals surface area contributed by atoms with Gasteiger partial charge in [-0.25, -0.2) is 0 Å². The summed E-state index contributed by atoms with van der Waals surface area (Å²) in [5, 5.41) is 0. The number of hydrogen-bond acceptors (Lipinski definition) is 2. The van der Waals surface area contributed by atoms with Crippen molar-refractivity contribution >= 4 is 0 Å². The van der Waals surface area contributed by atoms with E-state index in [0.717, 1.165) is 13.2 Å². The minimum Gasteiger partial charge on any atom is -0.378 e. The van der Waals surface area contributed by atoms with Crippen molar-refractivity contribution in [1.82, 2.24) is 0 Å². The SMILES string of the molecule is CCCCOC1CCC2(CC1)CC1(CCC(OCCCC)CC1)C2. The van der Waals surface area contributed by atoms with Crippen LogP contribution in [0.25, 0.3) is 0 Å². The molecule has 0 aliphatic heterocycles. The van der Waals surface area contributed by atoms with Crippen molar-refractivity contribution in [2.75, 3.05) is 13.2 Å². The van der Waals surface area contributed by atoms with E-state index >= 15 is 0 Å². The fourth-order valence-corrected chi connectivity index (χ4v) is 5.78. The molecule has 0 aromatic rings. The Kier molecular flexibility index (Phi) is 6.65. The van der Waals surface area contributed by atoms with Crippen LogP contribution in [0.4, 0.5) is 0 Å². The molecule has 0 amide bonds. The van der Waals surface area contributed by atoms with Crippen LogP contribution < -0.4 is 0 Å². The summed E-state index contributed by atoms with van der Waals surface area (Å²) >= 11 is 0. The number of ether oxygens (including phenoxy) is 2. The Morgan fingerprint density at radius 1 is 0.667 bits per heavy atom. The van der Waals surface area contributed by atoms with Crippen molar-refractivity contribution < 1.29 is 9.47 Å². The quantitative estimate of drug-likeness (QED) is 0.486. The summed E-state index contributed by atoms with van der Waals surface area (Å²) in [7, 11) is 0. The maximum atomic E-state index is 6.07. The third-order valence-electron chi connectivity index (χ3n) is 7.19. The van der Waals surface area contributed by atoms with Gasteiger partial charge >= 0.3 is 0 Å². The molecule has 0 atom stereocenters. The Morgan fingerprint density at radius 2 is 1.04 bits per heavy atom. The van der Waals surface area contributed by atoms with Crippen LogP contribution in [0.5, 0.6) is 0 Å². The van der Waals surface area contributed by atoms with Crippen molar-refractivity contribution in [3.63, 3.8) is 0 Å². The summed E-state index contributed by atoms with van der Waals surface area (Å²) in [6, 6.07) is 0. The highest BCUT2D eigenvalue weighted by Gasteiger charge is 2.55. The van der Waals surface area contributed by atoms with E-state index in [-0.39, 0.29) is 0 Å². The zero-order chi connectivity index (χ0) is 16.9. The van der Waals surface area contributed by atoms with E-state index in [1.165, 1.54) is 89.9 Å². The van der Waals surface area contributed by atoms with E-state index < -0.39 is 0 Å². The molecule has 0 radical (unpaired) electrons. The fourth-order valence-electron chi connectivity index (χ4n) is 5.78. The monoisotopic (exact) mass is 336 g/mol. The van der Waals surface area contributed by atoms with Gasteiger partial charge in [-0.15, -0.1) is 0 Å². The summed E-state index contributed by atoms with van der Waals surface area (Å²) in [4.78, 5) is 0. The molecule has 3 saturated carbocycles. The second kappa shape index (κ2) is 8.54. The van der Waals surface area contributed by atoms with Crippen molar-refractivity contribution in [2.45, 2.75) is 116 Å². The van der Waals surface area contributed by atoms with Gasteiger partial charge < -0.3 is 9.47 Å². The first-order valence-electron chi connectivity index (χ1n) is 10.9. The molecule has 3 fully saturated rings. The molecule has 0 aromatic carbocycles. The highest BCUT2D eigenvalue weighted by atomic mass is 16.5. The molecule has 0 aromatic heterocycles. The average molecular weight is 337 g/mol. The first-order valence-corrected chi connectivity index (χ1v) is 10.9. The zero-order valence-electron chi connectivity index (χ0n) is 16.3. The first-order chi connectivity index (χ1) is 11.7. The van der Waals surface area contributed by atoms with Gasteiger partial charge in [-0.2, -0.15) is 0 Å². The molecule has 0 bridgehead atoms. The van der Waals surface area contributed by atoms with Crippen LogP contribution in [-0.2, 0) is 9.47 Å². The summed E-state index contributed by atoms with van der Waals surface area (Å²) in [6.07, 6.45) is 20.2. The number of hydrogen-bond donors (Lipinski definition) is 0. The maximum Gasteiger partial charge on any atom is 0.0575 e. The lowest BCUT2D eigenvalue weighted by Crippen LogP contribution is -2.51. The lowest BCUT2D eigenvalue weighted by molar-refractivity contribution is -0.129. The minimum absolute atomic E-state index is 0.571. The van der Waals surface area contributed by atoms with E-state index in [1.54, 1.807) is 0 Å². The molecule has 24 heavy (non-hydrogen) atoms. The molecule has 3 aliphatic carbocycles. The van der Waals surface area contributed by atoms with Gasteiger partial charge in [-0.1, -0.05) is 26.7 Å². The Hall–Kier alpha value is -0.0800. The van der Waals surface area contributed by atoms with Crippen LogP contribution in [-0.4, -0.2) is 25.4 Å². The normalized spacial score (nSPS) is 39.2. The Balaban J connectivity index is 1.34. The Morgan fingerprint density at radius 3 is 1.38 bits per heavy atom. The number of unbranched alkanes of at least 4 members (excludes halogenated alkanes) is 2. The zero-order valence-corrected chi connectivity index (χ0v) is 16.3. The topological polar surface area (TPSA) is 18.5 Å². The molecule has 140 valence electrons. The highest BCUT2D eigenvalue weighted by molar-refractivity contribution is 5.06. The van der Waals surface area contributed by atoms with Gasteiger partial charge in [0, 0.05) is 13.2 Å². The van der Waals surface area contributed by atoms with E-state index in [9.17, 15) is 0 Å². The lowest BCUT2D eigenvalue weighted by atomic mass is 9.45. The van der Waals surface area contributed by atoms with Crippen LogP contribution in [0.1, 0.15) is 104 Å². The van der Waals surface area contributed by atoms with Gasteiger partial charge in [-0.05, 0) is 87.9 Å². The van der Waals surface area contributed by atoms with Crippen molar-refractivity contribution in [3.05, 3.63) is 0 Å². The van der Waals surface area contributed by atoms with Gasteiger partial charge in [0.1, 0.15) is 0 Å². The summed E-state index contributed by atoms with van der Waals surface area (Å²) in [5.41, 5.74) is 1.42. The molecule has 0 heterocycles. The molecule has 0 saturated heterocycles. The van der Waals surface area contributed by atoms with Crippen molar-refractivity contribution in [3.8, 4) is 0 Å². The van der Waals surface area contributed by atoms with Crippen LogP contribution in [0.15, 0.2) is 0 Å². The van der Waals surface area contributed by atoms with Crippen LogP contribution in [0, 0.1) is 10.8 Å². The van der Waals surface area contributed by atoms with E-state index in [4.69, 9.17) is 9.47 Å². The molecule has 0 N–H and O–H groups in total. The van der Waals surface area contributed by atoms with Gasteiger partial charge in [0.25, 0.3) is 0 Å². The van der Waals surface area contributed by atoms with Gasteiger partial charge in [0.2, 0.25) is 0 Å². The summed E-state index contributed by atoms with van der Waals surface area (Å²) in [5.74, 6) is 0. The Labute approximate surface area is 150 Å². The standard InChI is InChI=1S/C22H40O2/c1-3-5-15-23-19-7-11-21(12-8-19)17-22(18-21)13-9-20(10-14-22)24-16-6-4-2/h19-20H,3-18H2,1-2H3. The third-order valence-corrected chi connectivity index (χ3v) is 7.19. The number of rotatable bonds is 8. The van der Waals surface area contributed by atoms with Gasteiger partial charge in [-0.3, -0.25) is 0 Å². The lowest BCUT2D eigenvalue weighted by Gasteiger charge is -2.61. The highest BCUT2D eigenvalue weighted by Crippen LogP contribution is 2.66. The van der Waals surface area contributed by atoms with E-state index in [2.05, 4.69) is 13.8 Å². The molecular formula is C22H40O2. The van der Waals surface area contributed by atoms with Crippen LogP contribution in [0.3, 0.4) is 0 Å².